The van der Waals surface area contributed by atoms with Gasteiger partial charge in [0.05, 0.1) is 18.7 Å². The van der Waals surface area contributed by atoms with Gasteiger partial charge >= 0.3 is 6.03 Å². The Morgan fingerprint density at radius 3 is 2.78 bits per heavy atom. The molecule has 2 N–H and O–H groups in total. The number of carbonyl (C=O) groups is 1. The molecule has 4 rings (SSSR count). The lowest BCUT2D eigenvalue weighted by Crippen LogP contribution is -2.33. The van der Waals surface area contributed by atoms with E-state index in [0.717, 1.165) is 40.7 Å². The molecule has 0 aliphatic heterocycles. The minimum absolute atomic E-state index is 0.0516. The van der Waals surface area contributed by atoms with Crippen LogP contribution in [0, 0.1) is 12.8 Å². The third-order valence-corrected chi connectivity index (χ3v) is 5.10. The second kappa shape index (κ2) is 6.90. The second-order valence-electron chi connectivity index (χ2n) is 6.99. The molecule has 7 nitrogen and oxygen atoms in total. The van der Waals surface area contributed by atoms with E-state index in [9.17, 15) is 4.79 Å². The molecule has 1 unspecified atom stereocenters. The first kappa shape index (κ1) is 17.3. The van der Waals surface area contributed by atoms with Crippen molar-refractivity contribution in [2.24, 2.45) is 13.0 Å². The van der Waals surface area contributed by atoms with Crippen molar-refractivity contribution < 1.29 is 9.53 Å². The molecule has 1 aliphatic carbocycles. The summed E-state index contributed by atoms with van der Waals surface area (Å²) in [6, 6.07) is 9.28. The minimum atomic E-state index is -0.227. The van der Waals surface area contributed by atoms with Gasteiger partial charge in [0.25, 0.3) is 0 Å². The molecule has 1 fully saturated rings. The lowest BCUT2D eigenvalue weighted by atomic mass is 10.0. The Balaban J connectivity index is 1.48. The monoisotopic (exact) mass is 365 g/mol. The van der Waals surface area contributed by atoms with Crippen molar-refractivity contribution in [1.29, 1.82) is 0 Å². The average Bonchev–Trinajstić information content (AvgIpc) is 3.47. The van der Waals surface area contributed by atoms with Crippen LogP contribution in [0.25, 0.3) is 10.9 Å². The molecule has 1 atom stereocenters. The van der Waals surface area contributed by atoms with Crippen LogP contribution in [0.3, 0.4) is 0 Å². The molecule has 1 aromatic carbocycles. The summed E-state index contributed by atoms with van der Waals surface area (Å²) >= 11 is 0. The molecule has 0 saturated heterocycles. The maximum absolute atomic E-state index is 12.6. The summed E-state index contributed by atoms with van der Waals surface area (Å²) in [5, 5.41) is 11.6. The number of nitrogens with one attached hydrogen (secondary N) is 2. The van der Waals surface area contributed by atoms with E-state index in [2.05, 4.69) is 20.7 Å². The van der Waals surface area contributed by atoms with Crippen LogP contribution in [-0.2, 0) is 7.05 Å². The van der Waals surface area contributed by atoms with Crippen LogP contribution in [0.2, 0.25) is 0 Å². The van der Waals surface area contributed by atoms with E-state index < -0.39 is 0 Å². The Kier molecular flexibility index (Phi) is 4.43. The Hall–Kier alpha value is -3.09. The van der Waals surface area contributed by atoms with Crippen LogP contribution in [0.4, 0.5) is 10.5 Å². The second-order valence-corrected chi connectivity index (χ2v) is 6.99. The maximum atomic E-state index is 12.6. The van der Waals surface area contributed by atoms with Crippen LogP contribution < -0.4 is 15.4 Å². The van der Waals surface area contributed by atoms with E-state index in [1.807, 2.05) is 49.0 Å². The first-order chi connectivity index (χ1) is 13.0. The first-order valence-electron chi connectivity index (χ1n) is 9.06. The molecule has 3 aromatic rings. The minimum Gasteiger partial charge on any atom is -0.481 e. The van der Waals surface area contributed by atoms with Gasteiger partial charge in [-0.25, -0.2) is 9.78 Å². The highest BCUT2D eigenvalue weighted by Crippen LogP contribution is 2.41. The Labute approximate surface area is 157 Å². The van der Waals surface area contributed by atoms with Gasteiger partial charge in [-0.2, -0.15) is 5.10 Å². The van der Waals surface area contributed by atoms with Crippen LogP contribution in [-0.4, -0.2) is 27.9 Å². The van der Waals surface area contributed by atoms with Crippen LogP contribution in [0.5, 0.6) is 5.88 Å². The van der Waals surface area contributed by atoms with E-state index >= 15 is 0 Å². The number of anilines is 1. The number of nitrogens with zero attached hydrogens (tertiary/aromatic N) is 3. The van der Waals surface area contributed by atoms with Crippen molar-refractivity contribution in [2.75, 3.05) is 12.4 Å². The number of pyridine rings is 1. The van der Waals surface area contributed by atoms with E-state index in [1.165, 1.54) is 0 Å². The highest BCUT2D eigenvalue weighted by molar-refractivity contribution is 5.93. The maximum Gasteiger partial charge on any atom is 0.319 e. The van der Waals surface area contributed by atoms with Crippen molar-refractivity contribution in [3.8, 4) is 5.88 Å². The zero-order valence-corrected chi connectivity index (χ0v) is 15.7. The normalized spacial score (nSPS) is 14.8. The SMILES string of the molecule is COc1ccc(C(NC(=O)Nc2ccc3c(C)n(C)nc3c2)C2CC2)cn1. The molecule has 1 aliphatic rings. The van der Waals surface area contributed by atoms with Crippen molar-refractivity contribution in [3.63, 3.8) is 0 Å². The van der Waals surface area contributed by atoms with Crippen LogP contribution in [0.15, 0.2) is 36.5 Å². The largest absolute Gasteiger partial charge is 0.481 e. The molecule has 1 saturated carbocycles. The lowest BCUT2D eigenvalue weighted by Gasteiger charge is -2.19. The number of aromatic nitrogens is 3. The molecule has 0 bridgehead atoms. The predicted octanol–water partition coefficient (Wildman–Crippen LogP) is 3.56. The summed E-state index contributed by atoms with van der Waals surface area (Å²) in [5.74, 6) is 1.02. The highest BCUT2D eigenvalue weighted by Gasteiger charge is 2.33. The van der Waals surface area contributed by atoms with Gasteiger partial charge in [-0.1, -0.05) is 6.07 Å². The van der Waals surface area contributed by atoms with Crippen molar-refractivity contribution in [2.45, 2.75) is 25.8 Å². The number of methoxy groups -OCH3 is 1. The van der Waals surface area contributed by atoms with E-state index in [0.29, 0.717) is 11.8 Å². The Morgan fingerprint density at radius 1 is 1.30 bits per heavy atom. The summed E-state index contributed by atoms with van der Waals surface area (Å²) < 4.78 is 6.95. The number of rotatable bonds is 5. The number of amides is 2. The summed E-state index contributed by atoms with van der Waals surface area (Å²) in [6.07, 6.45) is 3.98. The van der Waals surface area contributed by atoms with Gasteiger partial charge in [-0.05, 0) is 49.4 Å². The molecule has 0 spiro atoms. The third-order valence-electron chi connectivity index (χ3n) is 5.10. The smallest absolute Gasteiger partial charge is 0.319 e. The predicted molar refractivity (Wildman–Crippen MR) is 104 cm³/mol. The van der Waals surface area contributed by atoms with E-state index in [-0.39, 0.29) is 12.1 Å². The van der Waals surface area contributed by atoms with Gasteiger partial charge in [0.15, 0.2) is 0 Å². The number of ether oxygens (including phenoxy) is 1. The number of urea groups is 1. The molecule has 27 heavy (non-hydrogen) atoms. The fraction of sp³-hybridized carbons (Fsp3) is 0.350. The zero-order valence-electron chi connectivity index (χ0n) is 15.7. The van der Waals surface area contributed by atoms with Crippen molar-refractivity contribution >= 4 is 22.6 Å². The zero-order chi connectivity index (χ0) is 19.0. The van der Waals surface area contributed by atoms with Crippen LogP contribution >= 0.6 is 0 Å². The number of benzene rings is 1. The van der Waals surface area contributed by atoms with Gasteiger partial charge in [0.1, 0.15) is 0 Å². The number of fused-ring (bicyclic) bond motifs is 1. The van der Waals surface area contributed by atoms with E-state index in [1.54, 1.807) is 13.3 Å². The van der Waals surface area contributed by atoms with Gasteiger partial charge in [0, 0.05) is 36.1 Å². The van der Waals surface area contributed by atoms with Gasteiger partial charge in [-0.3, -0.25) is 4.68 Å². The lowest BCUT2D eigenvalue weighted by molar-refractivity contribution is 0.247. The summed E-state index contributed by atoms with van der Waals surface area (Å²) in [7, 11) is 3.50. The quantitative estimate of drug-likeness (QED) is 0.724. The van der Waals surface area contributed by atoms with Gasteiger partial charge < -0.3 is 15.4 Å². The third kappa shape index (κ3) is 3.58. The Morgan fingerprint density at radius 2 is 2.11 bits per heavy atom. The van der Waals surface area contributed by atoms with E-state index in [4.69, 9.17) is 4.74 Å². The molecular weight excluding hydrogens is 342 g/mol. The first-order valence-corrected chi connectivity index (χ1v) is 9.06. The van der Waals surface area contributed by atoms with Gasteiger partial charge in [-0.15, -0.1) is 0 Å². The standard InChI is InChI=1S/C20H23N5O2/c1-12-16-8-7-15(10-17(16)24-25(12)2)22-20(26)23-19(13-4-5-13)14-6-9-18(27-3)21-11-14/h6-11,13,19H,4-5H2,1-3H3,(H2,22,23,26). The summed E-state index contributed by atoms with van der Waals surface area (Å²) in [4.78, 5) is 16.8. The average molecular weight is 365 g/mol. The fourth-order valence-corrected chi connectivity index (χ4v) is 3.32. The molecule has 7 heteroatoms. The van der Waals surface area contributed by atoms with Crippen molar-refractivity contribution in [3.05, 3.63) is 47.8 Å². The molecule has 2 heterocycles. The fourth-order valence-electron chi connectivity index (χ4n) is 3.32. The molecule has 0 radical (unpaired) electrons. The molecule has 140 valence electrons. The number of aryl methyl sites for hydroxylation is 2. The molecule has 2 amide bonds. The Bertz CT molecular complexity index is 976. The van der Waals surface area contributed by atoms with Crippen LogP contribution in [0.1, 0.15) is 30.1 Å². The molecule has 2 aromatic heterocycles. The summed E-state index contributed by atoms with van der Waals surface area (Å²) in [5.41, 5.74) is 3.68. The van der Waals surface area contributed by atoms with Crippen molar-refractivity contribution in [1.82, 2.24) is 20.1 Å². The highest BCUT2D eigenvalue weighted by atomic mass is 16.5. The summed E-state index contributed by atoms with van der Waals surface area (Å²) in [6.45, 7) is 2.03. The number of carbonyl (C=O) groups excluding carboxylic acids is 1. The topological polar surface area (TPSA) is 81.1 Å². The number of hydrogen-bond donors (Lipinski definition) is 2. The number of hydrogen-bond acceptors (Lipinski definition) is 4. The molecular formula is C20H23N5O2. The van der Waals surface area contributed by atoms with Gasteiger partial charge in [0.2, 0.25) is 5.88 Å².